The Morgan fingerprint density at radius 3 is 2.52 bits per heavy atom. The largest absolute Gasteiger partial charge is 0.457 e. The molecule has 1 N–H and O–H groups in total. The van der Waals surface area contributed by atoms with Crippen molar-refractivity contribution in [3.8, 4) is 0 Å². The first-order valence-corrected chi connectivity index (χ1v) is 10.4. The summed E-state index contributed by atoms with van der Waals surface area (Å²) in [6.07, 6.45) is 0. The number of sulfonamides is 1. The van der Waals surface area contributed by atoms with Crippen LogP contribution in [0, 0.1) is 13.8 Å². The van der Waals surface area contributed by atoms with E-state index in [0.717, 1.165) is 17.2 Å². The highest BCUT2D eigenvalue weighted by atomic mass is 35.5. The monoisotopic (exact) mass is 435 g/mol. The third kappa shape index (κ3) is 4.34. The Bertz CT molecular complexity index is 1280. The van der Waals surface area contributed by atoms with E-state index in [-0.39, 0.29) is 22.1 Å². The lowest BCUT2D eigenvalue weighted by molar-refractivity contribution is 0.0473. The van der Waals surface area contributed by atoms with Gasteiger partial charge in [0.15, 0.2) is 0 Å². The number of ether oxygens (including phenoxy) is 1. The quantitative estimate of drug-likeness (QED) is 0.487. The molecule has 0 radical (unpaired) electrons. The molecule has 0 saturated carbocycles. The fraction of sp³-hybridized carbons (Fsp3) is 0.200. The van der Waals surface area contributed by atoms with E-state index in [2.05, 4.69) is 4.72 Å². The minimum Gasteiger partial charge on any atom is -0.457 e. The zero-order valence-electron chi connectivity index (χ0n) is 15.9. The Hall–Kier alpha value is -2.68. The molecule has 0 spiro atoms. The molecule has 0 unspecified atom stereocenters. The molecule has 0 amide bonds. The van der Waals surface area contributed by atoms with E-state index in [1.165, 1.54) is 25.2 Å². The van der Waals surface area contributed by atoms with Crippen LogP contribution in [0.25, 0.3) is 11.0 Å². The lowest BCUT2D eigenvalue weighted by Gasteiger charge is -2.10. The molecule has 1 aromatic heterocycles. The molecule has 7 nitrogen and oxygen atoms in total. The molecular formula is C20H18ClNO6S. The number of hydrogen-bond acceptors (Lipinski definition) is 6. The molecule has 0 aliphatic carbocycles. The Balaban J connectivity index is 1.91. The zero-order chi connectivity index (χ0) is 21.3. The van der Waals surface area contributed by atoms with E-state index < -0.39 is 21.6 Å². The van der Waals surface area contributed by atoms with Crippen molar-refractivity contribution in [2.75, 3.05) is 7.05 Å². The van der Waals surface area contributed by atoms with Crippen molar-refractivity contribution >= 4 is 38.6 Å². The molecule has 2 aromatic carbocycles. The molecule has 29 heavy (non-hydrogen) atoms. The molecule has 152 valence electrons. The van der Waals surface area contributed by atoms with Gasteiger partial charge in [-0.25, -0.2) is 22.7 Å². The number of esters is 1. The lowest BCUT2D eigenvalue weighted by Crippen LogP contribution is -2.19. The van der Waals surface area contributed by atoms with Gasteiger partial charge in [-0.1, -0.05) is 11.6 Å². The number of rotatable bonds is 5. The van der Waals surface area contributed by atoms with Gasteiger partial charge >= 0.3 is 11.6 Å². The standard InChI is InChI=1S/C20H18ClNO6S/c1-11-6-15-14(9-19(23)28-17(15)7-12(11)2)10-27-20(24)13-4-5-16(21)18(8-13)29(25,26)22-3/h4-9,22H,10H2,1-3H3. The van der Waals surface area contributed by atoms with Gasteiger partial charge in [0.2, 0.25) is 10.0 Å². The maximum Gasteiger partial charge on any atom is 0.338 e. The molecular weight excluding hydrogens is 418 g/mol. The molecule has 1 heterocycles. The summed E-state index contributed by atoms with van der Waals surface area (Å²) in [5.74, 6) is -0.751. The number of carbonyl (C=O) groups is 1. The summed E-state index contributed by atoms with van der Waals surface area (Å²) in [7, 11) is -2.60. The second kappa shape index (κ2) is 7.98. The molecule has 3 aromatic rings. The van der Waals surface area contributed by atoms with Gasteiger partial charge in [0.1, 0.15) is 17.1 Å². The number of halogens is 1. The van der Waals surface area contributed by atoms with Gasteiger partial charge in [-0.2, -0.15) is 0 Å². The first kappa shape index (κ1) is 21.0. The topological polar surface area (TPSA) is 103 Å². The maximum absolute atomic E-state index is 12.5. The van der Waals surface area contributed by atoms with Crippen LogP contribution in [0.15, 0.2) is 50.5 Å². The minimum atomic E-state index is -3.84. The van der Waals surface area contributed by atoms with Crippen LogP contribution in [0.2, 0.25) is 5.02 Å². The average Bonchev–Trinajstić information content (AvgIpc) is 2.67. The van der Waals surface area contributed by atoms with E-state index >= 15 is 0 Å². The van der Waals surface area contributed by atoms with E-state index in [0.29, 0.717) is 16.5 Å². The van der Waals surface area contributed by atoms with E-state index in [1.807, 2.05) is 19.9 Å². The van der Waals surface area contributed by atoms with Crippen molar-refractivity contribution in [2.24, 2.45) is 0 Å². The van der Waals surface area contributed by atoms with E-state index in [9.17, 15) is 18.0 Å². The maximum atomic E-state index is 12.5. The van der Waals surface area contributed by atoms with Crippen LogP contribution in [0.4, 0.5) is 0 Å². The van der Waals surface area contributed by atoms with Crippen molar-refractivity contribution in [2.45, 2.75) is 25.3 Å². The Morgan fingerprint density at radius 2 is 1.83 bits per heavy atom. The predicted octanol–water partition coefficient (Wildman–Crippen LogP) is 3.33. The predicted molar refractivity (Wildman–Crippen MR) is 109 cm³/mol. The summed E-state index contributed by atoms with van der Waals surface area (Å²) in [5.41, 5.74) is 2.32. The van der Waals surface area contributed by atoms with Crippen LogP contribution in [-0.4, -0.2) is 21.4 Å². The average molecular weight is 436 g/mol. The number of fused-ring (bicyclic) bond motifs is 1. The van der Waals surface area contributed by atoms with Crippen molar-refractivity contribution in [3.05, 3.63) is 74.1 Å². The zero-order valence-corrected chi connectivity index (χ0v) is 17.5. The van der Waals surface area contributed by atoms with Crippen LogP contribution >= 0.6 is 11.6 Å². The summed E-state index contributed by atoms with van der Waals surface area (Å²) < 4.78 is 36.7. The highest BCUT2D eigenvalue weighted by Gasteiger charge is 2.19. The first-order valence-electron chi connectivity index (χ1n) is 8.56. The van der Waals surface area contributed by atoms with Crippen molar-refractivity contribution in [1.82, 2.24) is 4.72 Å². The van der Waals surface area contributed by atoms with Crippen LogP contribution in [-0.2, 0) is 21.4 Å². The lowest BCUT2D eigenvalue weighted by atomic mass is 10.0. The molecule has 0 aliphatic heterocycles. The number of benzene rings is 2. The summed E-state index contributed by atoms with van der Waals surface area (Å²) in [5, 5.41) is 0.642. The van der Waals surface area contributed by atoms with E-state index in [4.69, 9.17) is 20.8 Å². The third-order valence-electron chi connectivity index (χ3n) is 4.53. The van der Waals surface area contributed by atoms with Gasteiger partial charge in [-0.05, 0) is 62.4 Å². The molecule has 9 heteroatoms. The van der Waals surface area contributed by atoms with Gasteiger partial charge in [-0.3, -0.25) is 0 Å². The number of nitrogens with one attached hydrogen (secondary N) is 1. The second-order valence-corrected chi connectivity index (χ2v) is 8.71. The molecule has 0 atom stereocenters. The van der Waals surface area contributed by atoms with Gasteiger partial charge in [0.25, 0.3) is 0 Å². The molecule has 0 aliphatic rings. The summed E-state index contributed by atoms with van der Waals surface area (Å²) in [6, 6.07) is 8.69. The van der Waals surface area contributed by atoms with Gasteiger partial charge in [0.05, 0.1) is 10.6 Å². The summed E-state index contributed by atoms with van der Waals surface area (Å²) in [6.45, 7) is 3.64. The van der Waals surface area contributed by atoms with Crippen molar-refractivity contribution in [1.29, 1.82) is 0 Å². The van der Waals surface area contributed by atoms with Crippen LogP contribution < -0.4 is 10.3 Å². The summed E-state index contributed by atoms with van der Waals surface area (Å²) >= 11 is 5.93. The fourth-order valence-electron chi connectivity index (χ4n) is 2.78. The normalized spacial score (nSPS) is 11.6. The van der Waals surface area contributed by atoms with Crippen molar-refractivity contribution in [3.63, 3.8) is 0 Å². The Kier molecular flexibility index (Phi) is 5.79. The van der Waals surface area contributed by atoms with E-state index in [1.54, 1.807) is 6.07 Å². The molecule has 3 rings (SSSR count). The Labute approximate surface area is 172 Å². The first-order chi connectivity index (χ1) is 13.6. The van der Waals surface area contributed by atoms with Crippen molar-refractivity contribution < 1.29 is 22.4 Å². The number of aryl methyl sites for hydroxylation is 2. The summed E-state index contributed by atoms with van der Waals surface area (Å²) in [4.78, 5) is 24.1. The third-order valence-corrected chi connectivity index (χ3v) is 6.42. The molecule has 0 saturated heterocycles. The van der Waals surface area contributed by atoms with Gasteiger partial charge < -0.3 is 9.15 Å². The molecule has 0 bridgehead atoms. The second-order valence-electron chi connectivity index (χ2n) is 6.45. The SMILES string of the molecule is CNS(=O)(=O)c1cc(C(=O)OCc2cc(=O)oc3cc(C)c(C)cc23)ccc1Cl. The van der Waals surface area contributed by atoms with Crippen LogP contribution in [0.3, 0.4) is 0 Å². The molecule has 0 fully saturated rings. The van der Waals surface area contributed by atoms with Gasteiger partial charge in [0, 0.05) is 17.0 Å². The highest BCUT2D eigenvalue weighted by Crippen LogP contribution is 2.24. The fourth-order valence-corrected chi connectivity index (χ4v) is 4.02. The smallest absolute Gasteiger partial charge is 0.338 e. The van der Waals surface area contributed by atoms with Crippen LogP contribution in [0.1, 0.15) is 27.0 Å². The minimum absolute atomic E-state index is 0.0162. The number of hydrogen-bond donors (Lipinski definition) is 1. The highest BCUT2D eigenvalue weighted by molar-refractivity contribution is 7.89. The number of carbonyl (C=O) groups excluding carboxylic acids is 1. The van der Waals surface area contributed by atoms with Crippen LogP contribution in [0.5, 0.6) is 0 Å². The van der Waals surface area contributed by atoms with Gasteiger partial charge in [-0.15, -0.1) is 0 Å². The Morgan fingerprint density at radius 1 is 1.14 bits per heavy atom.